The molecular formula is C13H16Cl2N2O2. The monoisotopic (exact) mass is 302 g/mol. The highest BCUT2D eigenvalue weighted by molar-refractivity contribution is 6.42. The maximum absolute atomic E-state index is 12.2. The molecule has 1 aliphatic heterocycles. The van der Waals surface area contributed by atoms with Gasteiger partial charge in [0.15, 0.2) is 0 Å². The number of β-amino-alcohol motifs (C(OH)–C–C–N with tert-alkyl or cyclic N) is 1. The summed E-state index contributed by atoms with van der Waals surface area (Å²) in [5.41, 5.74) is 0.809. The van der Waals surface area contributed by atoms with Gasteiger partial charge in [0, 0.05) is 20.1 Å². The van der Waals surface area contributed by atoms with Crippen LogP contribution in [0.15, 0.2) is 18.2 Å². The number of benzene rings is 1. The zero-order chi connectivity index (χ0) is 14.0. The van der Waals surface area contributed by atoms with E-state index in [4.69, 9.17) is 23.2 Å². The number of hydrogen-bond donors (Lipinski definition) is 2. The number of carbonyl (C=O) groups is 1. The average molecular weight is 303 g/mol. The Balaban J connectivity index is 2.02. The van der Waals surface area contributed by atoms with Crippen molar-refractivity contribution in [3.05, 3.63) is 33.8 Å². The van der Waals surface area contributed by atoms with E-state index in [9.17, 15) is 9.90 Å². The first kappa shape index (κ1) is 14.6. The maximum Gasteiger partial charge on any atom is 0.239 e. The van der Waals surface area contributed by atoms with E-state index in [1.807, 2.05) is 6.07 Å². The third kappa shape index (κ3) is 3.39. The van der Waals surface area contributed by atoms with Gasteiger partial charge in [-0.15, -0.1) is 0 Å². The van der Waals surface area contributed by atoms with E-state index in [1.165, 1.54) is 0 Å². The molecule has 1 aromatic rings. The van der Waals surface area contributed by atoms with Crippen LogP contribution in [0, 0.1) is 0 Å². The molecule has 2 N–H and O–H groups in total. The Kier molecular flexibility index (Phi) is 4.68. The number of amides is 1. The van der Waals surface area contributed by atoms with Crippen molar-refractivity contribution in [3.63, 3.8) is 0 Å². The Morgan fingerprint density at radius 1 is 1.53 bits per heavy atom. The van der Waals surface area contributed by atoms with Crippen molar-refractivity contribution in [2.75, 3.05) is 13.6 Å². The van der Waals surface area contributed by atoms with Crippen molar-refractivity contribution in [2.45, 2.75) is 25.1 Å². The Labute approximate surface area is 122 Å². The lowest BCUT2D eigenvalue weighted by Crippen LogP contribution is -2.41. The molecule has 2 rings (SSSR count). The Morgan fingerprint density at radius 2 is 2.26 bits per heavy atom. The molecule has 1 amide bonds. The molecule has 1 fully saturated rings. The van der Waals surface area contributed by atoms with Crippen LogP contribution in [0.2, 0.25) is 10.0 Å². The molecule has 1 saturated heterocycles. The SMILES string of the molecule is CN(Cc1cccc(Cl)c1Cl)C(=O)C1CC(O)CN1. The van der Waals surface area contributed by atoms with Gasteiger partial charge in [-0.3, -0.25) is 4.79 Å². The topological polar surface area (TPSA) is 52.6 Å². The molecule has 0 saturated carbocycles. The molecular weight excluding hydrogens is 287 g/mol. The number of hydrogen-bond acceptors (Lipinski definition) is 3. The molecule has 19 heavy (non-hydrogen) atoms. The van der Waals surface area contributed by atoms with Crippen molar-refractivity contribution in [1.82, 2.24) is 10.2 Å². The first-order chi connectivity index (χ1) is 8.99. The predicted octanol–water partition coefficient (Wildman–Crippen LogP) is 1.67. The molecule has 0 bridgehead atoms. The van der Waals surface area contributed by atoms with Crippen LogP contribution in [0.25, 0.3) is 0 Å². The first-order valence-corrected chi connectivity index (χ1v) is 6.84. The minimum Gasteiger partial charge on any atom is -0.392 e. The van der Waals surface area contributed by atoms with Gasteiger partial charge >= 0.3 is 0 Å². The predicted molar refractivity (Wildman–Crippen MR) is 75.4 cm³/mol. The fourth-order valence-electron chi connectivity index (χ4n) is 2.18. The van der Waals surface area contributed by atoms with Gasteiger partial charge in [-0.25, -0.2) is 0 Å². The Hall–Kier alpha value is -0.810. The zero-order valence-corrected chi connectivity index (χ0v) is 12.1. The van der Waals surface area contributed by atoms with Crippen LogP contribution in [-0.4, -0.2) is 41.7 Å². The molecule has 104 valence electrons. The molecule has 6 heteroatoms. The second-order valence-corrected chi connectivity index (χ2v) is 5.54. The summed E-state index contributed by atoms with van der Waals surface area (Å²) in [5.74, 6) is -0.0485. The van der Waals surface area contributed by atoms with Crippen LogP contribution < -0.4 is 5.32 Å². The van der Waals surface area contributed by atoms with E-state index in [1.54, 1.807) is 24.1 Å². The zero-order valence-electron chi connectivity index (χ0n) is 10.6. The lowest BCUT2D eigenvalue weighted by Gasteiger charge is -2.21. The second kappa shape index (κ2) is 6.09. The lowest BCUT2D eigenvalue weighted by molar-refractivity contribution is -0.132. The van der Waals surface area contributed by atoms with E-state index < -0.39 is 6.10 Å². The second-order valence-electron chi connectivity index (χ2n) is 4.76. The number of rotatable bonds is 3. The molecule has 2 atom stereocenters. The average Bonchev–Trinajstić information content (AvgIpc) is 2.80. The minimum absolute atomic E-state index is 0.0485. The van der Waals surface area contributed by atoms with Crippen LogP contribution in [0.3, 0.4) is 0 Å². The van der Waals surface area contributed by atoms with E-state index in [0.29, 0.717) is 29.6 Å². The van der Waals surface area contributed by atoms with Crippen molar-refractivity contribution in [2.24, 2.45) is 0 Å². The highest BCUT2D eigenvalue weighted by Gasteiger charge is 2.30. The highest BCUT2D eigenvalue weighted by Crippen LogP contribution is 2.26. The van der Waals surface area contributed by atoms with Crippen molar-refractivity contribution in [1.29, 1.82) is 0 Å². The summed E-state index contributed by atoms with van der Waals surface area (Å²) in [7, 11) is 1.71. The van der Waals surface area contributed by atoms with Crippen molar-refractivity contribution < 1.29 is 9.90 Å². The van der Waals surface area contributed by atoms with Crippen molar-refractivity contribution >= 4 is 29.1 Å². The van der Waals surface area contributed by atoms with Gasteiger partial charge in [-0.05, 0) is 18.1 Å². The molecule has 0 spiro atoms. The third-order valence-electron chi connectivity index (χ3n) is 3.22. The number of nitrogens with one attached hydrogen (secondary N) is 1. The number of likely N-dealkylation sites (N-methyl/N-ethyl adjacent to an activating group) is 1. The largest absolute Gasteiger partial charge is 0.392 e. The molecule has 0 radical (unpaired) electrons. The summed E-state index contributed by atoms with van der Waals surface area (Å²) in [5, 5.41) is 13.4. The summed E-state index contributed by atoms with van der Waals surface area (Å²) in [6.45, 7) is 0.856. The maximum atomic E-state index is 12.2. The number of nitrogens with zero attached hydrogens (tertiary/aromatic N) is 1. The standard InChI is InChI=1S/C13H16Cl2N2O2/c1-17(13(19)11-5-9(18)6-16-11)7-8-3-2-4-10(14)12(8)15/h2-4,9,11,16,18H,5-7H2,1H3. The van der Waals surface area contributed by atoms with E-state index >= 15 is 0 Å². The summed E-state index contributed by atoms with van der Waals surface area (Å²) in [6, 6.07) is 5.04. The highest BCUT2D eigenvalue weighted by atomic mass is 35.5. The summed E-state index contributed by atoms with van der Waals surface area (Å²) < 4.78 is 0. The molecule has 4 nitrogen and oxygen atoms in total. The van der Waals surface area contributed by atoms with Gasteiger partial charge in [-0.2, -0.15) is 0 Å². The van der Waals surface area contributed by atoms with Gasteiger partial charge in [0.1, 0.15) is 0 Å². The lowest BCUT2D eigenvalue weighted by atomic mass is 10.1. The molecule has 0 aliphatic carbocycles. The van der Waals surface area contributed by atoms with Gasteiger partial charge < -0.3 is 15.3 Å². The fourth-order valence-corrected chi connectivity index (χ4v) is 2.56. The first-order valence-electron chi connectivity index (χ1n) is 6.08. The Morgan fingerprint density at radius 3 is 2.89 bits per heavy atom. The van der Waals surface area contributed by atoms with E-state index in [2.05, 4.69) is 5.32 Å². The van der Waals surface area contributed by atoms with Gasteiger partial charge in [0.2, 0.25) is 5.91 Å². The normalized spacial score (nSPS) is 22.5. The molecule has 1 aliphatic rings. The van der Waals surface area contributed by atoms with E-state index in [0.717, 1.165) is 5.56 Å². The van der Waals surface area contributed by atoms with Crippen LogP contribution in [0.1, 0.15) is 12.0 Å². The van der Waals surface area contributed by atoms with Crippen LogP contribution in [0.5, 0.6) is 0 Å². The number of halogens is 2. The fraction of sp³-hybridized carbons (Fsp3) is 0.462. The molecule has 0 aromatic heterocycles. The Bertz CT molecular complexity index is 482. The number of aliphatic hydroxyl groups is 1. The minimum atomic E-state index is -0.447. The van der Waals surface area contributed by atoms with Gasteiger partial charge in [0.05, 0.1) is 22.2 Å². The van der Waals surface area contributed by atoms with E-state index in [-0.39, 0.29) is 11.9 Å². The quantitative estimate of drug-likeness (QED) is 0.893. The number of aliphatic hydroxyl groups excluding tert-OH is 1. The smallest absolute Gasteiger partial charge is 0.239 e. The molecule has 1 aromatic carbocycles. The van der Waals surface area contributed by atoms with Gasteiger partial charge in [0.25, 0.3) is 0 Å². The molecule has 2 unspecified atom stereocenters. The van der Waals surface area contributed by atoms with Crippen LogP contribution in [-0.2, 0) is 11.3 Å². The van der Waals surface area contributed by atoms with Crippen LogP contribution >= 0.6 is 23.2 Å². The summed E-state index contributed by atoms with van der Waals surface area (Å²) >= 11 is 12.0. The van der Waals surface area contributed by atoms with Gasteiger partial charge in [-0.1, -0.05) is 35.3 Å². The summed E-state index contributed by atoms with van der Waals surface area (Å²) in [6.07, 6.45) is 0.00372. The number of carbonyl (C=O) groups excluding carboxylic acids is 1. The molecule has 1 heterocycles. The van der Waals surface area contributed by atoms with Crippen LogP contribution in [0.4, 0.5) is 0 Å². The van der Waals surface area contributed by atoms with Crippen molar-refractivity contribution in [3.8, 4) is 0 Å². The third-order valence-corrected chi connectivity index (χ3v) is 4.08. The summed E-state index contributed by atoms with van der Waals surface area (Å²) in [4.78, 5) is 13.8.